The van der Waals surface area contributed by atoms with E-state index in [2.05, 4.69) is 101 Å². The Hall–Kier alpha value is -2.08. The van der Waals surface area contributed by atoms with Crippen LogP contribution in [0.15, 0.2) is 82.8 Å². The first-order chi connectivity index (χ1) is 25.7. The molecule has 0 heterocycles. The first-order valence-corrected chi connectivity index (χ1v) is 22.3. The molecule has 0 aliphatic carbocycles. The summed E-state index contributed by atoms with van der Waals surface area (Å²) in [5.41, 5.74) is 7.40. The maximum Gasteiger partial charge on any atom is 0.0665 e. The molecule has 2 rings (SSSR count). The Morgan fingerprint density at radius 3 is 1.17 bits per heavy atom. The van der Waals surface area contributed by atoms with Gasteiger partial charge >= 0.3 is 0 Å². The van der Waals surface area contributed by atoms with Gasteiger partial charge in [0.2, 0.25) is 0 Å². The van der Waals surface area contributed by atoms with Gasteiger partial charge in [-0.05, 0) is 100 Å². The number of hydrogen-bond donors (Lipinski definition) is 0. The first-order valence-electron chi connectivity index (χ1n) is 22.3. The number of aryl methyl sites for hydroxylation is 2. The minimum absolute atomic E-state index is 0. The van der Waals surface area contributed by atoms with Crippen molar-refractivity contribution in [3.8, 4) is 0 Å². The average Bonchev–Trinajstić information content (AvgIpc) is 3.16. The van der Waals surface area contributed by atoms with Gasteiger partial charge in [0.25, 0.3) is 0 Å². The zero-order valence-electron chi connectivity index (χ0n) is 34.9. The van der Waals surface area contributed by atoms with Crippen molar-refractivity contribution in [2.24, 2.45) is 9.98 Å². The zero-order valence-corrected chi connectivity index (χ0v) is 36.5. The number of benzene rings is 2. The molecule has 0 amide bonds. The van der Waals surface area contributed by atoms with E-state index in [0.29, 0.717) is 0 Å². The number of nitrogens with zero attached hydrogens (tertiary/aromatic N) is 2. The van der Waals surface area contributed by atoms with Gasteiger partial charge in [-0.25, -0.2) is 0 Å². The molecule has 2 aromatic carbocycles. The molecule has 3 heteroatoms. The van der Waals surface area contributed by atoms with Crippen LogP contribution in [0.3, 0.4) is 0 Å². The minimum Gasteiger partial charge on any atom is -0.251 e. The fourth-order valence-electron chi connectivity index (χ4n) is 6.93. The standard InChI is InChI=1S/C50H80N2.Pd/c1-5-9-13-16-19-21-23-25-27-30-37-45-39-33-35-42-47(45)51-49(41-12-8-4)50(44-32-29-18-15-11-7-3)52-48-43-36-34-40-46(48)38-31-28-26-24-22-20-17-14-10-6-2;/h25-28,33-36,39-40,42-43H,5-24,29-32,37-38,41,44H2,1-4H3;/b27-25+,28-26+,51-49?,52-50?;. The molecule has 0 aliphatic rings. The number of hydrogen-bond acceptors (Lipinski definition) is 2. The molecule has 0 bridgehead atoms. The number of aliphatic imine (C=N–C) groups is 2. The molecule has 0 spiro atoms. The van der Waals surface area contributed by atoms with Crippen LogP contribution in [-0.2, 0) is 33.3 Å². The average molecular weight is 816 g/mol. The summed E-state index contributed by atoms with van der Waals surface area (Å²) in [6.45, 7) is 9.18. The Morgan fingerprint density at radius 2 is 0.736 bits per heavy atom. The van der Waals surface area contributed by atoms with E-state index in [1.807, 2.05) is 0 Å². The molecule has 0 aromatic heterocycles. The monoisotopic (exact) mass is 815 g/mol. The molecule has 0 saturated carbocycles. The predicted octanol–water partition coefficient (Wildman–Crippen LogP) is 16.9. The zero-order chi connectivity index (χ0) is 37.2. The Morgan fingerprint density at radius 1 is 0.396 bits per heavy atom. The third-order valence-corrected chi connectivity index (χ3v) is 10.3. The third-order valence-electron chi connectivity index (χ3n) is 10.3. The molecule has 0 saturated heterocycles. The molecular formula is C50H80N2Pd. The summed E-state index contributed by atoms with van der Waals surface area (Å²) in [6.07, 6.45) is 44.7. The molecule has 0 aliphatic heterocycles. The molecule has 0 fully saturated rings. The van der Waals surface area contributed by atoms with Gasteiger partial charge in [0.05, 0.1) is 22.8 Å². The van der Waals surface area contributed by atoms with Gasteiger partial charge in [0.1, 0.15) is 0 Å². The summed E-state index contributed by atoms with van der Waals surface area (Å²) in [5.74, 6) is 0. The Bertz CT molecular complexity index is 1260. The molecule has 0 unspecified atom stereocenters. The summed E-state index contributed by atoms with van der Waals surface area (Å²) in [5, 5.41) is 0. The second kappa shape index (κ2) is 35.6. The van der Waals surface area contributed by atoms with Gasteiger partial charge in [0, 0.05) is 20.4 Å². The van der Waals surface area contributed by atoms with Gasteiger partial charge in [-0.15, -0.1) is 0 Å². The van der Waals surface area contributed by atoms with E-state index in [0.717, 1.165) is 62.7 Å². The smallest absolute Gasteiger partial charge is 0.0665 e. The molecule has 0 atom stereocenters. The van der Waals surface area contributed by atoms with Crippen LogP contribution in [0.1, 0.15) is 206 Å². The summed E-state index contributed by atoms with van der Waals surface area (Å²) in [6, 6.07) is 17.7. The summed E-state index contributed by atoms with van der Waals surface area (Å²) < 4.78 is 0. The van der Waals surface area contributed by atoms with Crippen LogP contribution in [0.5, 0.6) is 0 Å². The third kappa shape index (κ3) is 24.9. The van der Waals surface area contributed by atoms with E-state index in [1.165, 1.54) is 151 Å². The molecule has 53 heavy (non-hydrogen) atoms. The number of allylic oxidation sites excluding steroid dienone is 4. The van der Waals surface area contributed by atoms with Crippen molar-refractivity contribution in [3.63, 3.8) is 0 Å². The number of rotatable bonds is 33. The van der Waals surface area contributed by atoms with Crippen molar-refractivity contribution in [1.29, 1.82) is 0 Å². The van der Waals surface area contributed by atoms with E-state index in [9.17, 15) is 0 Å². The fraction of sp³-hybridized carbons (Fsp3) is 0.640. The maximum absolute atomic E-state index is 5.51. The Balaban J connectivity index is 0.0000140. The topological polar surface area (TPSA) is 24.7 Å². The summed E-state index contributed by atoms with van der Waals surface area (Å²) in [7, 11) is 0. The quantitative estimate of drug-likeness (QED) is 0.0297. The van der Waals surface area contributed by atoms with Crippen LogP contribution in [0.25, 0.3) is 0 Å². The van der Waals surface area contributed by atoms with Crippen molar-refractivity contribution < 1.29 is 20.4 Å². The van der Waals surface area contributed by atoms with Gasteiger partial charge < -0.3 is 0 Å². The van der Waals surface area contributed by atoms with Crippen LogP contribution in [0.2, 0.25) is 0 Å². The van der Waals surface area contributed by atoms with E-state index in [-0.39, 0.29) is 20.4 Å². The normalized spacial score (nSPS) is 12.3. The number of para-hydroxylation sites is 2. The molecule has 2 nitrogen and oxygen atoms in total. The van der Waals surface area contributed by atoms with Crippen LogP contribution in [0.4, 0.5) is 11.4 Å². The SMILES string of the molecule is CCCCCCCC/C=C/CCc1ccccc1N=C(CCCC)C(CCCCCCCC)=Nc1ccccc1CC/C=C/CCCCCCCC.[Pd]. The van der Waals surface area contributed by atoms with Crippen molar-refractivity contribution in [2.45, 2.75) is 207 Å². The summed E-state index contributed by atoms with van der Waals surface area (Å²) >= 11 is 0. The van der Waals surface area contributed by atoms with Crippen LogP contribution in [-0.4, -0.2) is 11.4 Å². The Labute approximate surface area is 343 Å². The molecule has 0 N–H and O–H groups in total. The van der Waals surface area contributed by atoms with E-state index >= 15 is 0 Å². The van der Waals surface area contributed by atoms with E-state index in [4.69, 9.17) is 9.98 Å². The molecular weight excluding hydrogens is 735 g/mol. The van der Waals surface area contributed by atoms with Crippen molar-refractivity contribution in [1.82, 2.24) is 0 Å². The van der Waals surface area contributed by atoms with Crippen molar-refractivity contribution in [3.05, 3.63) is 84.0 Å². The maximum atomic E-state index is 5.51. The predicted molar refractivity (Wildman–Crippen MR) is 235 cm³/mol. The van der Waals surface area contributed by atoms with Crippen LogP contribution >= 0.6 is 0 Å². The molecule has 2 aromatic rings. The van der Waals surface area contributed by atoms with Gasteiger partial charge in [0.15, 0.2) is 0 Å². The van der Waals surface area contributed by atoms with Crippen molar-refractivity contribution in [2.75, 3.05) is 0 Å². The number of unbranched alkanes of at least 4 members (excludes halogenated alkanes) is 18. The second-order valence-corrected chi connectivity index (χ2v) is 15.1. The minimum atomic E-state index is 0. The fourth-order valence-corrected chi connectivity index (χ4v) is 6.93. The molecule has 300 valence electrons. The van der Waals surface area contributed by atoms with Crippen LogP contribution in [0, 0.1) is 0 Å². The van der Waals surface area contributed by atoms with E-state index < -0.39 is 0 Å². The van der Waals surface area contributed by atoms with Gasteiger partial charge in [-0.2, -0.15) is 0 Å². The van der Waals surface area contributed by atoms with Crippen LogP contribution < -0.4 is 0 Å². The van der Waals surface area contributed by atoms with Gasteiger partial charge in [-0.3, -0.25) is 9.98 Å². The Kier molecular flexibility index (Phi) is 32.9. The van der Waals surface area contributed by atoms with E-state index in [1.54, 1.807) is 0 Å². The second-order valence-electron chi connectivity index (χ2n) is 15.1. The first kappa shape index (κ1) is 48.9. The summed E-state index contributed by atoms with van der Waals surface area (Å²) in [4.78, 5) is 11.0. The van der Waals surface area contributed by atoms with Gasteiger partial charge in [-0.1, -0.05) is 191 Å². The largest absolute Gasteiger partial charge is 0.251 e. The van der Waals surface area contributed by atoms with Crippen molar-refractivity contribution >= 4 is 22.8 Å². The molecule has 0 radical (unpaired) electrons.